The lowest BCUT2D eigenvalue weighted by atomic mass is 9.72. The van der Waals surface area contributed by atoms with Gasteiger partial charge in [0.2, 0.25) is 6.08 Å². The summed E-state index contributed by atoms with van der Waals surface area (Å²) in [4.78, 5) is 14.0. The molecule has 0 unspecified atom stereocenters. The van der Waals surface area contributed by atoms with E-state index in [-0.39, 0.29) is 5.02 Å². The SMILES string of the molecule is O=C=NC1(c2cc(F)c(F)cc2Cl)CCC1. The molecule has 5 heteroatoms. The molecular formula is C11H8ClF2NO. The highest BCUT2D eigenvalue weighted by atomic mass is 35.5. The van der Waals surface area contributed by atoms with Crippen LogP contribution in [0.3, 0.4) is 0 Å². The number of hydrogen-bond donors (Lipinski definition) is 0. The summed E-state index contributed by atoms with van der Waals surface area (Å²) in [5.41, 5.74) is -0.435. The van der Waals surface area contributed by atoms with Crippen molar-refractivity contribution in [1.29, 1.82) is 0 Å². The zero-order chi connectivity index (χ0) is 11.8. The second kappa shape index (κ2) is 3.96. The van der Waals surface area contributed by atoms with E-state index in [1.54, 1.807) is 0 Å². The summed E-state index contributed by atoms with van der Waals surface area (Å²) < 4.78 is 26.0. The van der Waals surface area contributed by atoms with Gasteiger partial charge in [-0.3, -0.25) is 0 Å². The van der Waals surface area contributed by atoms with Crippen LogP contribution in [0.2, 0.25) is 5.02 Å². The predicted octanol–water partition coefficient (Wildman–Crippen LogP) is 3.33. The van der Waals surface area contributed by atoms with Crippen molar-refractivity contribution in [1.82, 2.24) is 0 Å². The Balaban J connectivity index is 2.54. The maximum atomic E-state index is 13.1. The van der Waals surface area contributed by atoms with Crippen molar-refractivity contribution in [3.05, 3.63) is 34.4 Å². The fourth-order valence-corrected chi connectivity index (χ4v) is 2.25. The van der Waals surface area contributed by atoms with E-state index in [4.69, 9.17) is 11.6 Å². The van der Waals surface area contributed by atoms with Gasteiger partial charge in [-0.2, -0.15) is 4.99 Å². The number of carbonyl (C=O) groups excluding carboxylic acids is 1. The molecule has 0 radical (unpaired) electrons. The van der Waals surface area contributed by atoms with Gasteiger partial charge >= 0.3 is 0 Å². The third-order valence-corrected chi connectivity index (χ3v) is 3.26. The number of hydrogen-bond acceptors (Lipinski definition) is 2. The Morgan fingerprint density at radius 3 is 2.44 bits per heavy atom. The summed E-state index contributed by atoms with van der Waals surface area (Å²) in [6, 6.07) is 1.92. The molecule has 1 fully saturated rings. The largest absolute Gasteiger partial charge is 0.235 e. The average Bonchev–Trinajstić information content (AvgIpc) is 2.18. The summed E-state index contributed by atoms with van der Waals surface area (Å²) in [5, 5.41) is 0.0950. The lowest BCUT2D eigenvalue weighted by Gasteiger charge is -2.37. The van der Waals surface area contributed by atoms with Crippen molar-refractivity contribution in [3.63, 3.8) is 0 Å². The standard InChI is InChI=1S/C11H8ClF2NO/c12-8-5-10(14)9(13)4-7(8)11(15-6-16)2-1-3-11/h4-5H,1-3H2. The van der Waals surface area contributed by atoms with Crippen LogP contribution < -0.4 is 0 Å². The predicted molar refractivity (Wildman–Crippen MR) is 55.0 cm³/mol. The summed E-state index contributed by atoms with van der Waals surface area (Å²) in [6.07, 6.45) is 3.55. The van der Waals surface area contributed by atoms with Gasteiger partial charge in [0.25, 0.3) is 0 Å². The number of halogens is 3. The lowest BCUT2D eigenvalue weighted by Crippen LogP contribution is -2.32. The zero-order valence-corrected chi connectivity index (χ0v) is 9.02. The van der Waals surface area contributed by atoms with Gasteiger partial charge in [-0.25, -0.2) is 13.6 Å². The van der Waals surface area contributed by atoms with E-state index in [2.05, 4.69) is 4.99 Å². The zero-order valence-electron chi connectivity index (χ0n) is 8.27. The first-order valence-electron chi connectivity index (χ1n) is 4.83. The molecule has 0 N–H and O–H groups in total. The molecular weight excluding hydrogens is 236 g/mol. The number of isocyanates is 1. The van der Waals surface area contributed by atoms with E-state index in [0.29, 0.717) is 18.4 Å². The van der Waals surface area contributed by atoms with Gasteiger partial charge in [-0.1, -0.05) is 11.6 Å². The maximum absolute atomic E-state index is 13.1. The van der Waals surface area contributed by atoms with Crippen LogP contribution in [0.5, 0.6) is 0 Å². The molecule has 1 saturated carbocycles. The topological polar surface area (TPSA) is 29.4 Å². The molecule has 0 amide bonds. The monoisotopic (exact) mass is 243 g/mol. The Hall–Kier alpha value is -1.25. The molecule has 0 atom stereocenters. The van der Waals surface area contributed by atoms with Gasteiger partial charge in [0.1, 0.15) is 0 Å². The Kier molecular flexibility index (Phi) is 2.78. The highest BCUT2D eigenvalue weighted by Gasteiger charge is 2.41. The van der Waals surface area contributed by atoms with Gasteiger partial charge in [-0.15, -0.1) is 0 Å². The van der Waals surface area contributed by atoms with E-state index in [9.17, 15) is 13.6 Å². The molecule has 2 nitrogen and oxygen atoms in total. The van der Waals surface area contributed by atoms with Crippen molar-refractivity contribution in [2.75, 3.05) is 0 Å². The number of rotatable bonds is 2. The Labute approximate surface area is 95.9 Å². The first-order valence-corrected chi connectivity index (χ1v) is 5.21. The van der Waals surface area contributed by atoms with Gasteiger partial charge in [0.05, 0.1) is 5.54 Å². The van der Waals surface area contributed by atoms with E-state index in [1.807, 2.05) is 0 Å². The molecule has 0 spiro atoms. The molecule has 0 bridgehead atoms. The molecule has 1 aliphatic carbocycles. The second-order valence-corrected chi connectivity index (χ2v) is 4.24. The third kappa shape index (κ3) is 1.64. The molecule has 1 aromatic rings. The van der Waals surface area contributed by atoms with E-state index in [1.165, 1.54) is 6.08 Å². The van der Waals surface area contributed by atoms with Crippen molar-refractivity contribution in [2.45, 2.75) is 24.8 Å². The quantitative estimate of drug-likeness (QED) is 0.445. The molecule has 1 aromatic carbocycles. The molecule has 16 heavy (non-hydrogen) atoms. The Bertz CT molecular complexity index is 479. The van der Waals surface area contributed by atoms with Crippen LogP contribution in [0.1, 0.15) is 24.8 Å². The van der Waals surface area contributed by atoms with Crippen molar-refractivity contribution in [3.8, 4) is 0 Å². The highest BCUT2D eigenvalue weighted by molar-refractivity contribution is 6.31. The van der Waals surface area contributed by atoms with Crippen molar-refractivity contribution < 1.29 is 13.6 Å². The summed E-state index contributed by atoms with van der Waals surface area (Å²) in [7, 11) is 0. The highest BCUT2D eigenvalue weighted by Crippen LogP contribution is 2.47. The van der Waals surface area contributed by atoms with E-state index >= 15 is 0 Å². The minimum Gasteiger partial charge on any atom is -0.211 e. The Morgan fingerprint density at radius 2 is 1.94 bits per heavy atom. The average molecular weight is 244 g/mol. The van der Waals surface area contributed by atoms with Crippen LogP contribution in [0, 0.1) is 11.6 Å². The second-order valence-electron chi connectivity index (χ2n) is 3.83. The van der Waals surface area contributed by atoms with Crippen LogP contribution in [0.25, 0.3) is 0 Å². The van der Waals surface area contributed by atoms with Crippen LogP contribution in [-0.2, 0) is 10.3 Å². The number of benzene rings is 1. The fourth-order valence-electron chi connectivity index (χ4n) is 1.92. The van der Waals surface area contributed by atoms with Gasteiger partial charge < -0.3 is 0 Å². The minimum absolute atomic E-state index is 0.0950. The third-order valence-electron chi connectivity index (χ3n) is 2.95. The molecule has 2 rings (SSSR count). The summed E-state index contributed by atoms with van der Waals surface area (Å²) in [5.74, 6) is -1.98. The number of nitrogens with zero attached hydrogens (tertiary/aromatic N) is 1. The molecule has 0 saturated heterocycles. The van der Waals surface area contributed by atoms with E-state index in [0.717, 1.165) is 18.6 Å². The number of aliphatic imine (C=N–C) groups is 1. The van der Waals surface area contributed by atoms with Gasteiger partial charge in [0, 0.05) is 10.6 Å². The molecule has 0 aliphatic heterocycles. The van der Waals surface area contributed by atoms with Crippen LogP contribution in [-0.4, -0.2) is 6.08 Å². The first kappa shape index (κ1) is 11.2. The Morgan fingerprint density at radius 1 is 1.31 bits per heavy atom. The first-order chi connectivity index (χ1) is 7.59. The van der Waals surface area contributed by atoms with E-state index < -0.39 is 17.2 Å². The molecule has 1 aliphatic rings. The minimum atomic E-state index is -1.00. The van der Waals surface area contributed by atoms with Crippen LogP contribution in [0.15, 0.2) is 17.1 Å². The van der Waals surface area contributed by atoms with Crippen molar-refractivity contribution >= 4 is 17.7 Å². The normalized spacial score (nSPS) is 17.4. The van der Waals surface area contributed by atoms with Crippen LogP contribution >= 0.6 is 11.6 Å². The summed E-state index contributed by atoms with van der Waals surface area (Å²) in [6.45, 7) is 0. The van der Waals surface area contributed by atoms with Gasteiger partial charge in [-0.05, 0) is 31.4 Å². The van der Waals surface area contributed by atoms with Crippen LogP contribution in [0.4, 0.5) is 8.78 Å². The summed E-state index contributed by atoms with van der Waals surface area (Å²) >= 11 is 5.84. The maximum Gasteiger partial charge on any atom is 0.235 e. The smallest absolute Gasteiger partial charge is 0.211 e. The van der Waals surface area contributed by atoms with Gasteiger partial charge in [0.15, 0.2) is 11.6 Å². The van der Waals surface area contributed by atoms with Crippen molar-refractivity contribution in [2.24, 2.45) is 4.99 Å². The lowest BCUT2D eigenvalue weighted by molar-refractivity contribution is 0.254. The molecule has 0 heterocycles. The molecule has 84 valence electrons. The molecule has 0 aromatic heterocycles. The fraction of sp³-hybridized carbons (Fsp3) is 0.364.